The number of aliphatic hydroxyl groups is 1. The van der Waals surface area contributed by atoms with Crippen LogP contribution in [0, 0.1) is 0 Å². The number of rotatable bonds is 7. The van der Waals surface area contributed by atoms with E-state index in [1.54, 1.807) is 11.8 Å². The first-order valence-corrected chi connectivity index (χ1v) is 11.2. The molecule has 2 aromatic heterocycles. The van der Waals surface area contributed by atoms with E-state index in [0.717, 1.165) is 19.3 Å². The third-order valence-electron chi connectivity index (χ3n) is 5.52. The summed E-state index contributed by atoms with van der Waals surface area (Å²) in [5, 5.41) is 23.3. The normalized spacial score (nSPS) is 28.6. The second-order valence-corrected chi connectivity index (χ2v) is 9.00. The number of nitrogens with two attached hydrogens (primary N) is 2. The van der Waals surface area contributed by atoms with Gasteiger partial charge in [-0.3, -0.25) is 9.36 Å². The molecular formula is C19H25N7O5S. The summed E-state index contributed by atoms with van der Waals surface area (Å²) >= 11 is 1.58. The van der Waals surface area contributed by atoms with Crippen molar-refractivity contribution in [3.8, 4) is 0 Å². The van der Waals surface area contributed by atoms with Crippen molar-refractivity contribution < 1.29 is 24.5 Å². The Balaban J connectivity index is 1.46. The number of carbonyl (C=O) groups is 2. The summed E-state index contributed by atoms with van der Waals surface area (Å²) in [5.41, 5.74) is 12.4. The summed E-state index contributed by atoms with van der Waals surface area (Å²) in [5.74, 6) is -1.38. The van der Waals surface area contributed by atoms with E-state index in [9.17, 15) is 19.8 Å². The quantitative estimate of drug-likeness (QED) is 0.329. The number of amides is 1. The van der Waals surface area contributed by atoms with E-state index in [-0.39, 0.29) is 11.5 Å². The van der Waals surface area contributed by atoms with Crippen LogP contribution in [0.3, 0.4) is 0 Å². The summed E-state index contributed by atoms with van der Waals surface area (Å²) in [6.45, 7) is 0. The molecule has 4 rings (SSSR count). The molecule has 1 aliphatic carbocycles. The number of fused-ring (bicyclic) bond motifs is 1. The van der Waals surface area contributed by atoms with Gasteiger partial charge in [-0.05, 0) is 19.3 Å². The molecule has 2 aliphatic rings. The van der Waals surface area contributed by atoms with Gasteiger partial charge in [-0.2, -0.15) is 11.8 Å². The number of aliphatic hydroxyl groups excluding tert-OH is 1. The van der Waals surface area contributed by atoms with Gasteiger partial charge in [-0.1, -0.05) is 12.2 Å². The van der Waals surface area contributed by atoms with E-state index in [1.165, 1.54) is 17.2 Å². The molecule has 6 atom stereocenters. The van der Waals surface area contributed by atoms with Crippen LogP contribution in [-0.4, -0.2) is 76.9 Å². The zero-order chi connectivity index (χ0) is 22.8. The third kappa shape index (κ3) is 4.41. The number of carboxylic acid groups (broad SMARTS) is 1. The van der Waals surface area contributed by atoms with Crippen molar-refractivity contribution in [3.05, 3.63) is 24.8 Å². The molecule has 0 radical (unpaired) electrons. The number of aliphatic carboxylic acids is 1. The summed E-state index contributed by atoms with van der Waals surface area (Å²) < 4.78 is 6.94. The Morgan fingerprint density at radius 2 is 2.19 bits per heavy atom. The lowest BCUT2D eigenvalue weighted by atomic mass is 10.1. The Morgan fingerprint density at radius 3 is 2.91 bits per heavy atom. The van der Waals surface area contributed by atoms with Crippen molar-refractivity contribution in [2.24, 2.45) is 5.73 Å². The minimum atomic E-state index is -1.49. The van der Waals surface area contributed by atoms with Crippen molar-refractivity contribution in [2.45, 2.75) is 55.0 Å². The molecule has 3 heterocycles. The van der Waals surface area contributed by atoms with Gasteiger partial charge in [0.15, 0.2) is 23.8 Å². The number of nitrogen functional groups attached to an aromatic ring is 1. The third-order valence-corrected chi connectivity index (χ3v) is 6.90. The van der Waals surface area contributed by atoms with Crippen LogP contribution < -0.4 is 16.8 Å². The summed E-state index contributed by atoms with van der Waals surface area (Å²) in [6, 6.07) is -2.08. The van der Waals surface area contributed by atoms with Crippen molar-refractivity contribution >= 4 is 40.6 Å². The minimum Gasteiger partial charge on any atom is -0.479 e. The first-order chi connectivity index (χ1) is 15.4. The van der Waals surface area contributed by atoms with E-state index in [2.05, 4.69) is 32.4 Å². The number of allylic oxidation sites excluding steroid dienone is 1. The van der Waals surface area contributed by atoms with Crippen LogP contribution >= 0.6 is 11.8 Å². The van der Waals surface area contributed by atoms with Crippen molar-refractivity contribution in [1.29, 1.82) is 0 Å². The molecule has 13 heteroatoms. The molecule has 1 saturated heterocycles. The maximum absolute atomic E-state index is 12.7. The van der Waals surface area contributed by atoms with Crippen LogP contribution in [-0.2, 0) is 14.3 Å². The summed E-state index contributed by atoms with van der Waals surface area (Å²) in [7, 11) is 0. The van der Waals surface area contributed by atoms with E-state index in [0.29, 0.717) is 16.5 Å². The van der Waals surface area contributed by atoms with Gasteiger partial charge in [0, 0.05) is 11.0 Å². The highest BCUT2D eigenvalue weighted by atomic mass is 32.2. The van der Waals surface area contributed by atoms with Crippen molar-refractivity contribution in [3.63, 3.8) is 0 Å². The van der Waals surface area contributed by atoms with Gasteiger partial charge >= 0.3 is 5.97 Å². The number of nitrogens with zero attached hydrogens (tertiary/aromatic N) is 4. The number of nitrogens with one attached hydrogen (secondary N) is 1. The first-order valence-electron chi connectivity index (χ1n) is 10.2. The smallest absolute Gasteiger partial charge is 0.335 e. The van der Waals surface area contributed by atoms with Gasteiger partial charge < -0.3 is 31.7 Å². The number of aromatic nitrogens is 4. The molecule has 1 fully saturated rings. The van der Waals surface area contributed by atoms with Crippen LogP contribution in [0.1, 0.15) is 25.5 Å². The van der Waals surface area contributed by atoms with Gasteiger partial charge in [-0.15, -0.1) is 0 Å². The lowest BCUT2D eigenvalue weighted by Gasteiger charge is -2.23. The number of carbonyl (C=O) groups excluding carboxylic acids is 1. The largest absolute Gasteiger partial charge is 0.479 e. The van der Waals surface area contributed by atoms with Crippen LogP contribution in [0.4, 0.5) is 5.82 Å². The molecule has 0 saturated carbocycles. The predicted octanol–water partition coefficient (Wildman–Crippen LogP) is -0.595. The molecule has 32 heavy (non-hydrogen) atoms. The topological polar surface area (TPSA) is 192 Å². The minimum absolute atomic E-state index is 0.136. The highest BCUT2D eigenvalue weighted by molar-refractivity contribution is 8.00. The van der Waals surface area contributed by atoms with Crippen LogP contribution in [0.25, 0.3) is 11.2 Å². The maximum atomic E-state index is 12.7. The molecule has 1 aliphatic heterocycles. The molecular weight excluding hydrogens is 438 g/mol. The fourth-order valence-electron chi connectivity index (χ4n) is 3.83. The fourth-order valence-corrected chi connectivity index (χ4v) is 4.99. The molecule has 0 bridgehead atoms. The van der Waals surface area contributed by atoms with Crippen molar-refractivity contribution in [1.82, 2.24) is 24.8 Å². The van der Waals surface area contributed by atoms with Gasteiger partial charge in [-0.25, -0.2) is 19.7 Å². The average Bonchev–Trinajstić information content (AvgIpc) is 3.35. The Kier molecular flexibility index (Phi) is 6.60. The molecule has 172 valence electrons. The molecule has 0 aromatic carbocycles. The van der Waals surface area contributed by atoms with E-state index < -0.39 is 42.4 Å². The van der Waals surface area contributed by atoms with Gasteiger partial charge in [0.1, 0.15) is 17.9 Å². The van der Waals surface area contributed by atoms with Crippen molar-refractivity contribution in [2.75, 3.05) is 11.5 Å². The molecule has 2 aromatic rings. The standard InChI is InChI=1S/C19H25N7O5S/c20-10(6-32-9-4-2-1-3-5-9)17(28)25-11-13(27)18(31-14(11)19(29)30)26-8-24-12-15(21)22-7-23-16(12)26/h2,4,7-11,13-14,18,27H,1,3,5-6,20H2,(H,25,28)(H,29,30)(H2,21,22,23)/t9?,10-,11+,13-,14+,18-/m1/s1. The highest BCUT2D eigenvalue weighted by Gasteiger charge is 2.49. The average molecular weight is 464 g/mol. The second kappa shape index (κ2) is 9.40. The number of ether oxygens (including phenoxy) is 1. The number of hydrogen-bond donors (Lipinski definition) is 5. The Bertz CT molecular complexity index is 1030. The lowest BCUT2D eigenvalue weighted by Crippen LogP contribution is -2.54. The van der Waals surface area contributed by atoms with Crippen LogP contribution in [0.5, 0.6) is 0 Å². The number of thioether (sulfide) groups is 1. The van der Waals surface area contributed by atoms with Gasteiger partial charge in [0.25, 0.3) is 0 Å². The highest BCUT2D eigenvalue weighted by Crippen LogP contribution is 2.32. The maximum Gasteiger partial charge on any atom is 0.335 e. The number of imidazole rings is 1. The SMILES string of the molecule is Nc1ncnc2c1ncn2[C@@H]1O[C@H](C(=O)O)[C@@H](NC(=O)[C@H](N)CSC2C=CCCC2)[C@H]1O. The molecule has 1 amide bonds. The fraction of sp³-hybridized carbons (Fsp3) is 0.526. The summed E-state index contributed by atoms with van der Waals surface area (Å²) in [6.07, 6.45) is 5.94. The number of hydrogen-bond acceptors (Lipinski definition) is 10. The van der Waals surface area contributed by atoms with E-state index in [4.69, 9.17) is 16.2 Å². The molecule has 12 nitrogen and oxygen atoms in total. The Hall–Kier alpha value is -2.74. The van der Waals surface area contributed by atoms with E-state index in [1.807, 2.05) is 0 Å². The first kappa shape index (κ1) is 22.5. The lowest BCUT2D eigenvalue weighted by molar-refractivity contribution is -0.152. The van der Waals surface area contributed by atoms with Gasteiger partial charge in [0.05, 0.1) is 18.4 Å². The van der Waals surface area contributed by atoms with Gasteiger partial charge in [0.2, 0.25) is 5.91 Å². The number of anilines is 1. The second-order valence-electron chi connectivity index (χ2n) is 7.73. The Labute approximate surface area is 187 Å². The van der Waals surface area contributed by atoms with Crippen LogP contribution in [0.2, 0.25) is 0 Å². The molecule has 1 unspecified atom stereocenters. The predicted molar refractivity (Wildman–Crippen MR) is 116 cm³/mol. The molecule has 0 spiro atoms. The summed E-state index contributed by atoms with van der Waals surface area (Å²) in [4.78, 5) is 36.5. The monoisotopic (exact) mass is 463 g/mol. The zero-order valence-electron chi connectivity index (χ0n) is 17.1. The molecule has 7 N–H and O–H groups in total. The van der Waals surface area contributed by atoms with Crippen LogP contribution in [0.15, 0.2) is 24.8 Å². The number of carboxylic acids is 1. The Morgan fingerprint density at radius 1 is 1.38 bits per heavy atom. The van der Waals surface area contributed by atoms with E-state index >= 15 is 0 Å². The zero-order valence-corrected chi connectivity index (χ0v) is 17.9.